The molecular formula is C25H20F4N2O. The Balaban J connectivity index is 2.03. The largest absolute Gasteiger partial charge is 0.416 e. The van der Waals surface area contributed by atoms with Gasteiger partial charge in [-0.2, -0.15) is 13.2 Å². The van der Waals surface area contributed by atoms with Crippen LogP contribution in [-0.2, 0) is 6.18 Å². The zero-order valence-electron chi connectivity index (χ0n) is 17.4. The van der Waals surface area contributed by atoms with Gasteiger partial charge in [0.2, 0.25) is 0 Å². The lowest BCUT2D eigenvalue weighted by Gasteiger charge is -2.17. The van der Waals surface area contributed by atoms with Crippen LogP contribution in [-0.4, -0.2) is 9.55 Å². The number of hydrogen-bond acceptors (Lipinski definition) is 2. The number of aromatic nitrogens is 2. The first-order valence-corrected chi connectivity index (χ1v) is 10.2. The standard InChI is InChI=1S/C25H20F4N2O/c1-3-15(2)16-8-11-18(12-9-16)31-23(30-22-7-5-4-6-19(22)24(31)32)20-14-17(25(27,28)29)10-13-21(20)26/h4-15H,3H2,1-2H3. The fraction of sp³-hybridized carbons (Fsp3) is 0.200. The molecule has 0 fully saturated rings. The number of rotatable bonds is 4. The van der Waals surface area contributed by atoms with Crippen LogP contribution in [0.15, 0.2) is 71.5 Å². The van der Waals surface area contributed by atoms with Gasteiger partial charge in [0.15, 0.2) is 5.82 Å². The third-order valence-electron chi connectivity index (χ3n) is 5.64. The topological polar surface area (TPSA) is 34.9 Å². The molecule has 0 bridgehead atoms. The first-order chi connectivity index (χ1) is 15.2. The Morgan fingerprint density at radius 3 is 2.34 bits per heavy atom. The van der Waals surface area contributed by atoms with Crippen molar-refractivity contribution in [2.75, 3.05) is 0 Å². The molecule has 0 aliphatic heterocycles. The minimum Gasteiger partial charge on any atom is -0.268 e. The van der Waals surface area contributed by atoms with E-state index in [4.69, 9.17) is 0 Å². The van der Waals surface area contributed by atoms with Gasteiger partial charge in [-0.15, -0.1) is 0 Å². The lowest BCUT2D eigenvalue weighted by Crippen LogP contribution is -2.22. The average Bonchev–Trinajstić information content (AvgIpc) is 2.78. The summed E-state index contributed by atoms with van der Waals surface area (Å²) in [5, 5.41) is 0.287. The maximum atomic E-state index is 14.8. The summed E-state index contributed by atoms with van der Waals surface area (Å²) in [7, 11) is 0. The van der Waals surface area contributed by atoms with Gasteiger partial charge in [0.1, 0.15) is 5.82 Å². The zero-order chi connectivity index (χ0) is 23.0. The lowest BCUT2D eigenvalue weighted by molar-refractivity contribution is -0.137. The van der Waals surface area contributed by atoms with E-state index in [-0.39, 0.29) is 16.7 Å². The molecule has 0 aliphatic carbocycles. The number of para-hydroxylation sites is 1. The van der Waals surface area contributed by atoms with Crippen molar-refractivity contribution < 1.29 is 17.6 Å². The zero-order valence-corrected chi connectivity index (χ0v) is 17.4. The van der Waals surface area contributed by atoms with Crippen LogP contribution < -0.4 is 5.56 Å². The van der Waals surface area contributed by atoms with Crippen molar-refractivity contribution in [1.29, 1.82) is 0 Å². The van der Waals surface area contributed by atoms with Crippen LogP contribution in [0.4, 0.5) is 17.6 Å². The fourth-order valence-corrected chi connectivity index (χ4v) is 3.61. The van der Waals surface area contributed by atoms with Crippen LogP contribution in [0.2, 0.25) is 0 Å². The molecule has 32 heavy (non-hydrogen) atoms. The number of alkyl halides is 3. The average molecular weight is 440 g/mol. The quantitative estimate of drug-likeness (QED) is 0.330. The molecule has 7 heteroatoms. The van der Waals surface area contributed by atoms with Crippen molar-refractivity contribution >= 4 is 10.9 Å². The van der Waals surface area contributed by atoms with Gasteiger partial charge < -0.3 is 0 Å². The van der Waals surface area contributed by atoms with Crippen LogP contribution in [0.1, 0.15) is 37.3 Å². The summed E-state index contributed by atoms with van der Waals surface area (Å²) < 4.78 is 55.9. The molecule has 0 saturated heterocycles. The lowest BCUT2D eigenvalue weighted by atomic mass is 9.98. The van der Waals surface area contributed by atoms with Crippen molar-refractivity contribution in [3.8, 4) is 17.1 Å². The van der Waals surface area contributed by atoms with Crippen molar-refractivity contribution in [3.63, 3.8) is 0 Å². The van der Waals surface area contributed by atoms with Crippen LogP contribution in [0, 0.1) is 5.82 Å². The third-order valence-corrected chi connectivity index (χ3v) is 5.64. The molecule has 1 unspecified atom stereocenters. The van der Waals surface area contributed by atoms with E-state index in [1.54, 1.807) is 36.4 Å². The van der Waals surface area contributed by atoms with E-state index in [2.05, 4.69) is 18.8 Å². The molecule has 164 valence electrons. The number of fused-ring (bicyclic) bond motifs is 1. The molecule has 3 nitrogen and oxygen atoms in total. The van der Waals surface area contributed by atoms with E-state index in [0.29, 0.717) is 23.7 Å². The van der Waals surface area contributed by atoms with Crippen LogP contribution in [0.25, 0.3) is 28.0 Å². The fourth-order valence-electron chi connectivity index (χ4n) is 3.61. The van der Waals surface area contributed by atoms with Crippen molar-refractivity contribution in [2.24, 2.45) is 0 Å². The first-order valence-electron chi connectivity index (χ1n) is 10.2. The molecule has 4 rings (SSSR count). The molecule has 3 aromatic carbocycles. The maximum Gasteiger partial charge on any atom is 0.416 e. The molecule has 1 heterocycles. The Hall–Kier alpha value is -3.48. The molecule has 4 aromatic rings. The van der Waals surface area contributed by atoms with Crippen molar-refractivity contribution in [2.45, 2.75) is 32.4 Å². The Morgan fingerprint density at radius 1 is 1.00 bits per heavy atom. The first kappa shape index (κ1) is 21.7. The van der Waals surface area contributed by atoms with Gasteiger partial charge in [-0.25, -0.2) is 9.37 Å². The number of hydrogen-bond donors (Lipinski definition) is 0. The van der Waals surface area contributed by atoms with Gasteiger partial charge in [0, 0.05) is 0 Å². The van der Waals surface area contributed by atoms with Crippen molar-refractivity contribution in [3.05, 3.63) is 94.0 Å². The second kappa shape index (κ2) is 8.22. The van der Waals surface area contributed by atoms with Gasteiger partial charge in [-0.3, -0.25) is 9.36 Å². The van der Waals surface area contributed by atoms with E-state index in [1.807, 2.05) is 12.1 Å². The van der Waals surface area contributed by atoms with Crippen LogP contribution in [0.3, 0.4) is 0 Å². The molecular weight excluding hydrogens is 420 g/mol. The highest BCUT2D eigenvalue weighted by Crippen LogP contribution is 2.34. The molecule has 1 atom stereocenters. The predicted octanol–water partition coefficient (Wildman–Crippen LogP) is 6.72. The van der Waals surface area contributed by atoms with Gasteiger partial charge in [0.25, 0.3) is 5.56 Å². The van der Waals surface area contributed by atoms with E-state index < -0.39 is 28.7 Å². The second-order valence-corrected chi connectivity index (χ2v) is 7.69. The molecule has 0 spiro atoms. The highest BCUT2D eigenvalue weighted by atomic mass is 19.4. The number of halogens is 4. The molecule has 0 radical (unpaired) electrons. The monoisotopic (exact) mass is 440 g/mol. The van der Waals surface area contributed by atoms with Gasteiger partial charge in [0.05, 0.1) is 27.7 Å². The van der Waals surface area contributed by atoms with Gasteiger partial charge in [-0.05, 0) is 60.4 Å². The third kappa shape index (κ3) is 3.90. The smallest absolute Gasteiger partial charge is 0.268 e. The van der Waals surface area contributed by atoms with Gasteiger partial charge in [-0.1, -0.05) is 38.1 Å². The maximum absolute atomic E-state index is 14.8. The van der Waals surface area contributed by atoms with Crippen LogP contribution in [0.5, 0.6) is 0 Å². The predicted molar refractivity (Wildman–Crippen MR) is 116 cm³/mol. The Bertz CT molecular complexity index is 1340. The van der Waals surface area contributed by atoms with E-state index in [1.165, 1.54) is 4.57 Å². The van der Waals surface area contributed by atoms with E-state index >= 15 is 0 Å². The van der Waals surface area contributed by atoms with Crippen molar-refractivity contribution in [1.82, 2.24) is 9.55 Å². The molecule has 1 aromatic heterocycles. The molecule has 0 N–H and O–H groups in total. The second-order valence-electron chi connectivity index (χ2n) is 7.69. The molecule has 0 amide bonds. The Kier molecular flexibility index (Phi) is 5.59. The highest BCUT2D eigenvalue weighted by molar-refractivity contribution is 5.80. The van der Waals surface area contributed by atoms with E-state index in [9.17, 15) is 22.4 Å². The minimum absolute atomic E-state index is 0.186. The normalized spacial score (nSPS) is 12.8. The van der Waals surface area contributed by atoms with Gasteiger partial charge >= 0.3 is 6.18 Å². The summed E-state index contributed by atoms with van der Waals surface area (Å²) in [4.78, 5) is 17.8. The SMILES string of the molecule is CCC(C)c1ccc(-n2c(-c3cc(C(F)(F)F)ccc3F)nc3ccccc3c2=O)cc1. The summed E-state index contributed by atoms with van der Waals surface area (Å²) >= 11 is 0. The summed E-state index contributed by atoms with van der Waals surface area (Å²) in [5.41, 5.74) is -0.170. The van der Waals surface area contributed by atoms with E-state index in [0.717, 1.165) is 18.1 Å². The Morgan fingerprint density at radius 2 is 1.69 bits per heavy atom. The molecule has 0 aliphatic rings. The number of benzene rings is 3. The summed E-state index contributed by atoms with van der Waals surface area (Å²) in [6.07, 6.45) is -3.74. The summed E-state index contributed by atoms with van der Waals surface area (Å²) in [6.45, 7) is 4.13. The van der Waals surface area contributed by atoms with Crippen LogP contribution >= 0.6 is 0 Å². The Labute approximate surface area is 182 Å². The summed E-state index contributed by atoms with van der Waals surface area (Å²) in [6, 6.07) is 15.7. The summed E-state index contributed by atoms with van der Waals surface area (Å²) in [5.74, 6) is -0.783. The molecule has 0 saturated carbocycles. The highest BCUT2D eigenvalue weighted by Gasteiger charge is 2.32. The number of nitrogens with zero attached hydrogens (tertiary/aromatic N) is 2. The minimum atomic E-state index is -4.66.